The summed E-state index contributed by atoms with van der Waals surface area (Å²) < 4.78 is 5.15. The molecule has 2 heteroatoms. The number of para-hydroxylation sites is 1. The number of aromatic nitrogens is 1. The average molecular weight is 630 g/mol. The summed E-state index contributed by atoms with van der Waals surface area (Å²) in [5, 5.41) is 7.69. The minimum atomic E-state index is 1.10. The molecule has 0 unspecified atom stereocenters. The highest BCUT2D eigenvalue weighted by Gasteiger charge is 2.17. The number of hydrogen-bond donors (Lipinski definition) is 0. The number of hydrogen-bond acceptors (Lipinski definition) is 1. The third-order valence-corrected chi connectivity index (χ3v) is 11.2. The monoisotopic (exact) mass is 629 g/mol. The van der Waals surface area contributed by atoms with Gasteiger partial charge in [-0.15, -0.1) is 11.3 Å². The third kappa shape index (κ3) is 4.37. The smallest absolute Gasteiger partial charge is 0.0547 e. The molecule has 9 aromatic rings. The first-order chi connectivity index (χ1) is 23.8. The molecule has 0 N–H and O–H groups in total. The van der Waals surface area contributed by atoms with Crippen LogP contribution in [0.4, 0.5) is 0 Å². The highest BCUT2D eigenvalue weighted by atomic mass is 32.1. The van der Waals surface area contributed by atoms with Crippen LogP contribution in [0, 0.1) is 0 Å². The number of allylic oxidation sites excluding steroid dienone is 4. The maximum atomic E-state index is 2.49. The van der Waals surface area contributed by atoms with Crippen LogP contribution >= 0.6 is 11.3 Å². The Kier molecular flexibility index (Phi) is 6.25. The second kappa shape index (κ2) is 10.9. The molecule has 0 radical (unpaired) electrons. The quantitative estimate of drug-likeness (QED) is 0.183. The number of rotatable bonds is 4. The van der Waals surface area contributed by atoms with Gasteiger partial charge in [-0.05, 0) is 88.0 Å². The molecular formula is C46H31NS. The maximum absolute atomic E-state index is 2.49. The molecule has 1 aliphatic carbocycles. The number of fused-ring (bicyclic) bond motifs is 7. The molecule has 2 aromatic heterocycles. The zero-order valence-electron chi connectivity index (χ0n) is 26.4. The Bertz CT molecular complexity index is 2770. The van der Waals surface area contributed by atoms with Crippen LogP contribution in [-0.2, 0) is 0 Å². The van der Waals surface area contributed by atoms with Crippen molar-refractivity contribution >= 4 is 69.7 Å². The lowest BCUT2D eigenvalue weighted by atomic mass is 9.95. The van der Waals surface area contributed by atoms with Crippen LogP contribution in [0.2, 0.25) is 0 Å². The van der Waals surface area contributed by atoms with Gasteiger partial charge in [-0.3, -0.25) is 0 Å². The Labute approximate surface area is 283 Å². The SMILES string of the molecule is C1=CCCC(c2ccc(-c3ccc4c5ccccc5n(-c5cc(-c6ccc7c(c6)sc6ccccc67)cc6ccccc56)c4c3)cc2)=C1. The summed E-state index contributed by atoms with van der Waals surface area (Å²) in [6, 6.07) is 54.2. The predicted octanol–water partition coefficient (Wildman–Crippen LogP) is 13.4. The minimum Gasteiger partial charge on any atom is -0.309 e. The number of thiophene rings is 1. The molecule has 48 heavy (non-hydrogen) atoms. The Morgan fingerprint density at radius 2 is 1.12 bits per heavy atom. The fraction of sp³-hybridized carbons (Fsp3) is 0.0435. The van der Waals surface area contributed by atoms with E-state index in [0.29, 0.717) is 0 Å². The van der Waals surface area contributed by atoms with E-state index in [-0.39, 0.29) is 0 Å². The molecule has 0 aliphatic heterocycles. The van der Waals surface area contributed by atoms with Crippen LogP contribution in [0.25, 0.3) is 86.3 Å². The Morgan fingerprint density at radius 1 is 0.458 bits per heavy atom. The van der Waals surface area contributed by atoms with Crippen LogP contribution in [0.5, 0.6) is 0 Å². The zero-order valence-corrected chi connectivity index (χ0v) is 27.2. The van der Waals surface area contributed by atoms with E-state index >= 15 is 0 Å². The lowest BCUT2D eigenvalue weighted by Crippen LogP contribution is -1.97. The molecule has 0 amide bonds. The molecule has 0 spiro atoms. The zero-order chi connectivity index (χ0) is 31.6. The Morgan fingerprint density at radius 3 is 1.98 bits per heavy atom. The van der Waals surface area contributed by atoms with Crippen molar-refractivity contribution in [3.63, 3.8) is 0 Å². The Balaban J connectivity index is 1.18. The van der Waals surface area contributed by atoms with Gasteiger partial charge in [-0.1, -0.05) is 127 Å². The van der Waals surface area contributed by atoms with Gasteiger partial charge in [-0.2, -0.15) is 0 Å². The van der Waals surface area contributed by atoms with Crippen LogP contribution < -0.4 is 0 Å². The minimum absolute atomic E-state index is 1.10. The molecule has 7 aromatic carbocycles. The number of nitrogens with zero attached hydrogens (tertiary/aromatic N) is 1. The highest BCUT2D eigenvalue weighted by molar-refractivity contribution is 7.25. The van der Waals surface area contributed by atoms with Crippen molar-refractivity contribution in [1.82, 2.24) is 4.57 Å². The van der Waals surface area contributed by atoms with Crippen molar-refractivity contribution < 1.29 is 0 Å². The third-order valence-electron chi connectivity index (χ3n) is 10.1. The highest BCUT2D eigenvalue weighted by Crippen LogP contribution is 2.41. The lowest BCUT2D eigenvalue weighted by molar-refractivity contribution is 1.05. The summed E-state index contributed by atoms with van der Waals surface area (Å²) in [7, 11) is 0. The second-order valence-electron chi connectivity index (χ2n) is 12.8. The summed E-state index contributed by atoms with van der Waals surface area (Å²) in [6.07, 6.45) is 8.90. The summed E-state index contributed by atoms with van der Waals surface area (Å²) in [4.78, 5) is 0. The molecule has 226 valence electrons. The van der Waals surface area contributed by atoms with Crippen molar-refractivity contribution in [2.45, 2.75) is 12.8 Å². The van der Waals surface area contributed by atoms with Gasteiger partial charge >= 0.3 is 0 Å². The second-order valence-corrected chi connectivity index (χ2v) is 13.9. The summed E-state index contributed by atoms with van der Waals surface area (Å²) in [5.74, 6) is 0. The van der Waals surface area contributed by atoms with Gasteiger partial charge in [0.2, 0.25) is 0 Å². The van der Waals surface area contributed by atoms with Crippen molar-refractivity contribution in [2.24, 2.45) is 0 Å². The molecule has 10 rings (SSSR count). The predicted molar refractivity (Wildman–Crippen MR) is 208 cm³/mol. The number of benzene rings is 7. The first-order valence-corrected chi connectivity index (χ1v) is 17.5. The normalized spacial score (nSPS) is 13.3. The summed E-state index contributed by atoms with van der Waals surface area (Å²) >= 11 is 1.88. The largest absolute Gasteiger partial charge is 0.309 e. The maximum Gasteiger partial charge on any atom is 0.0547 e. The van der Waals surface area contributed by atoms with Crippen molar-refractivity contribution in [1.29, 1.82) is 0 Å². The van der Waals surface area contributed by atoms with Gasteiger partial charge in [0.15, 0.2) is 0 Å². The molecule has 0 saturated heterocycles. The molecule has 1 aliphatic rings. The van der Waals surface area contributed by atoms with E-state index in [2.05, 4.69) is 168 Å². The molecule has 0 fully saturated rings. The topological polar surface area (TPSA) is 4.93 Å². The molecular weight excluding hydrogens is 599 g/mol. The van der Waals surface area contributed by atoms with E-state index in [1.807, 2.05) is 11.3 Å². The van der Waals surface area contributed by atoms with Crippen molar-refractivity contribution in [3.05, 3.63) is 169 Å². The summed E-state index contributed by atoms with van der Waals surface area (Å²) in [5.41, 5.74) is 11.3. The van der Waals surface area contributed by atoms with Crippen LogP contribution in [0.1, 0.15) is 18.4 Å². The van der Waals surface area contributed by atoms with E-state index in [1.165, 1.54) is 91.8 Å². The van der Waals surface area contributed by atoms with Crippen molar-refractivity contribution in [2.75, 3.05) is 0 Å². The van der Waals surface area contributed by atoms with Crippen LogP contribution in [0.15, 0.2) is 164 Å². The van der Waals surface area contributed by atoms with Crippen LogP contribution in [-0.4, -0.2) is 4.57 Å². The van der Waals surface area contributed by atoms with Gasteiger partial charge < -0.3 is 4.57 Å². The molecule has 0 saturated carbocycles. The fourth-order valence-electron chi connectivity index (χ4n) is 7.68. The van der Waals surface area contributed by atoms with E-state index < -0.39 is 0 Å². The van der Waals surface area contributed by atoms with Crippen LogP contribution in [0.3, 0.4) is 0 Å². The van der Waals surface area contributed by atoms with E-state index in [9.17, 15) is 0 Å². The van der Waals surface area contributed by atoms with Crippen molar-refractivity contribution in [3.8, 4) is 27.9 Å². The fourth-order valence-corrected chi connectivity index (χ4v) is 8.82. The van der Waals surface area contributed by atoms with Gasteiger partial charge in [0, 0.05) is 36.3 Å². The standard InChI is InChI=1S/C46H31NS/c1-2-10-30(11-3-1)31-18-20-32(21-19-31)33-22-24-39-38-14-6-8-16-42(38)47(44(39)27-33)43-28-36(26-35-12-4-5-13-37(35)43)34-23-25-41-40-15-7-9-17-45(40)48-46(41)29-34/h1-2,4-10,12-29H,3,11H2. The van der Waals surface area contributed by atoms with E-state index in [4.69, 9.17) is 0 Å². The molecule has 0 atom stereocenters. The van der Waals surface area contributed by atoms with Gasteiger partial charge in [0.1, 0.15) is 0 Å². The first kappa shape index (κ1) is 27.4. The van der Waals surface area contributed by atoms with Gasteiger partial charge in [0.05, 0.1) is 16.7 Å². The molecule has 2 heterocycles. The average Bonchev–Trinajstić information content (AvgIpc) is 3.70. The summed E-state index contributed by atoms with van der Waals surface area (Å²) in [6.45, 7) is 0. The molecule has 0 bridgehead atoms. The first-order valence-electron chi connectivity index (χ1n) is 16.7. The van der Waals surface area contributed by atoms with E-state index in [1.54, 1.807) is 0 Å². The molecule has 1 nitrogen and oxygen atoms in total. The van der Waals surface area contributed by atoms with Gasteiger partial charge in [0.25, 0.3) is 0 Å². The van der Waals surface area contributed by atoms with E-state index in [0.717, 1.165) is 12.8 Å². The van der Waals surface area contributed by atoms with Gasteiger partial charge in [-0.25, -0.2) is 0 Å². The lowest BCUT2D eigenvalue weighted by Gasteiger charge is -2.15. The Hall–Kier alpha value is -5.70.